The Morgan fingerprint density at radius 3 is 2.64 bits per heavy atom. The van der Waals surface area contributed by atoms with E-state index in [0.717, 1.165) is 31.0 Å². The maximum atomic E-state index is 4.26. The molecule has 0 fully saturated rings. The van der Waals surface area contributed by atoms with E-state index in [0.29, 0.717) is 0 Å². The third-order valence-corrected chi connectivity index (χ3v) is 2.23. The Hall–Kier alpha value is -0.960. The van der Waals surface area contributed by atoms with Gasteiger partial charge in [0.1, 0.15) is 6.33 Å². The van der Waals surface area contributed by atoms with Gasteiger partial charge in [0, 0.05) is 12.2 Å². The Morgan fingerprint density at radius 1 is 1.29 bits per heavy atom. The zero-order chi connectivity index (χ0) is 10.4. The molecular weight excluding hydrogens is 174 g/mol. The number of nitrogens with zero attached hydrogens (tertiary/aromatic N) is 3. The van der Waals surface area contributed by atoms with E-state index in [2.05, 4.69) is 34.8 Å². The molecule has 0 atom stereocenters. The van der Waals surface area contributed by atoms with Crippen molar-refractivity contribution >= 4 is 0 Å². The largest absolute Gasteiger partial charge is 0.298 e. The van der Waals surface area contributed by atoms with Crippen LogP contribution in [0.3, 0.4) is 0 Å². The normalized spacial score (nSPS) is 10.9. The van der Waals surface area contributed by atoms with Crippen molar-refractivity contribution in [3.63, 3.8) is 0 Å². The lowest BCUT2D eigenvalue weighted by Crippen LogP contribution is -2.24. The molecule has 0 aliphatic carbocycles. The van der Waals surface area contributed by atoms with Crippen molar-refractivity contribution in [2.75, 3.05) is 13.1 Å². The Bertz CT molecular complexity index is 273. The van der Waals surface area contributed by atoms with Crippen LogP contribution in [0.1, 0.15) is 31.7 Å². The predicted octanol–water partition coefficient (Wildman–Crippen LogP) is 2.02. The highest BCUT2D eigenvalue weighted by molar-refractivity contribution is 5.06. The minimum absolute atomic E-state index is 0.938. The molecular formula is C11H19N3. The molecule has 0 aliphatic rings. The highest BCUT2D eigenvalue weighted by Crippen LogP contribution is 2.02. The second kappa shape index (κ2) is 5.70. The van der Waals surface area contributed by atoms with Crippen LogP contribution >= 0.6 is 0 Å². The molecule has 3 heteroatoms. The maximum absolute atomic E-state index is 4.26. The molecule has 1 heterocycles. The molecule has 0 amide bonds. The molecule has 0 aromatic carbocycles. The fourth-order valence-corrected chi connectivity index (χ4v) is 1.49. The van der Waals surface area contributed by atoms with Gasteiger partial charge in [-0.25, -0.2) is 9.97 Å². The van der Waals surface area contributed by atoms with E-state index in [1.54, 1.807) is 6.33 Å². The van der Waals surface area contributed by atoms with Gasteiger partial charge in [0.05, 0.1) is 5.69 Å². The van der Waals surface area contributed by atoms with Crippen LogP contribution in [0.25, 0.3) is 0 Å². The van der Waals surface area contributed by atoms with Crippen LogP contribution in [-0.4, -0.2) is 28.0 Å². The van der Waals surface area contributed by atoms with E-state index in [1.165, 1.54) is 6.42 Å². The van der Waals surface area contributed by atoms with Gasteiger partial charge in [-0.15, -0.1) is 0 Å². The van der Waals surface area contributed by atoms with Crippen molar-refractivity contribution < 1.29 is 0 Å². The Balaban J connectivity index is 2.57. The molecule has 14 heavy (non-hydrogen) atoms. The van der Waals surface area contributed by atoms with Crippen LogP contribution in [0.15, 0.2) is 12.4 Å². The van der Waals surface area contributed by atoms with Crippen LogP contribution in [-0.2, 0) is 6.54 Å². The Morgan fingerprint density at radius 2 is 2.07 bits per heavy atom. The van der Waals surface area contributed by atoms with Gasteiger partial charge in [-0.2, -0.15) is 0 Å². The summed E-state index contributed by atoms with van der Waals surface area (Å²) in [6.07, 6.45) is 2.84. The van der Waals surface area contributed by atoms with Crippen molar-refractivity contribution in [1.29, 1.82) is 0 Å². The van der Waals surface area contributed by atoms with E-state index in [-0.39, 0.29) is 0 Å². The lowest BCUT2D eigenvalue weighted by Gasteiger charge is -2.18. The number of aryl methyl sites for hydroxylation is 1. The van der Waals surface area contributed by atoms with Gasteiger partial charge in [-0.3, -0.25) is 4.90 Å². The minimum Gasteiger partial charge on any atom is -0.298 e. The zero-order valence-electron chi connectivity index (χ0n) is 9.32. The van der Waals surface area contributed by atoms with Gasteiger partial charge in [0.25, 0.3) is 0 Å². The summed E-state index contributed by atoms with van der Waals surface area (Å²) in [7, 11) is 0. The van der Waals surface area contributed by atoms with Gasteiger partial charge >= 0.3 is 0 Å². The van der Waals surface area contributed by atoms with Crippen molar-refractivity contribution in [2.45, 2.75) is 33.7 Å². The van der Waals surface area contributed by atoms with Gasteiger partial charge in [0.2, 0.25) is 0 Å². The topological polar surface area (TPSA) is 29.0 Å². The molecule has 0 bridgehead atoms. The molecule has 0 N–H and O–H groups in total. The molecule has 0 saturated heterocycles. The summed E-state index contributed by atoms with van der Waals surface area (Å²) < 4.78 is 0. The lowest BCUT2D eigenvalue weighted by molar-refractivity contribution is 0.277. The zero-order valence-corrected chi connectivity index (χ0v) is 9.32. The van der Waals surface area contributed by atoms with Gasteiger partial charge in [0.15, 0.2) is 0 Å². The average Bonchev–Trinajstić information content (AvgIpc) is 2.17. The highest BCUT2D eigenvalue weighted by Gasteiger charge is 2.03. The van der Waals surface area contributed by atoms with Crippen LogP contribution in [0, 0.1) is 6.92 Å². The first-order chi connectivity index (χ1) is 6.76. The van der Waals surface area contributed by atoms with Crippen molar-refractivity contribution in [1.82, 2.24) is 14.9 Å². The second-order valence-corrected chi connectivity index (χ2v) is 3.52. The predicted molar refractivity (Wildman–Crippen MR) is 58.0 cm³/mol. The third-order valence-electron chi connectivity index (χ3n) is 2.23. The summed E-state index contributed by atoms with van der Waals surface area (Å²) in [5.41, 5.74) is 2.16. The van der Waals surface area contributed by atoms with Gasteiger partial charge in [-0.05, 0) is 32.5 Å². The van der Waals surface area contributed by atoms with Crippen LogP contribution < -0.4 is 0 Å². The van der Waals surface area contributed by atoms with Crippen LogP contribution in [0.4, 0.5) is 0 Å². The Labute approximate surface area is 86.2 Å². The number of rotatable bonds is 5. The molecule has 1 aromatic heterocycles. The van der Waals surface area contributed by atoms with Crippen molar-refractivity contribution in [3.05, 3.63) is 23.8 Å². The molecule has 3 nitrogen and oxygen atoms in total. The first-order valence-electron chi connectivity index (χ1n) is 5.26. The standard InChI is InChI=1S/C11H19N3/c1-4-6-14(5-2)8-11-7-10(3)12-9-13-11/h7,9H,4-6,8H2,1-3H3. The smallest absolute Gasteiger partial charge is 0.115 e. The molecule has 1 rings (SSSR count). The Kier molecular flexibility index (Phi) is 4.53. The molecule has 0 aliphatic heterocycles. The summed E-state index contributed by atoms with van der Waals surface area (Å²) in [4.78, 5) is 10.7. The van der Waals surface area contributed by atoms with Crippen LogP contribution in [0.2, 0.25) is 0 Å². The quantitative estimate of drug-likeness (QED) is 0.716. The molecule has 0 spiro atoms. The molecule has 0 unspecified atom stereocenters. The van der Waals surface area contributed by atoms with Crippen LogP contribution in [0.5, 0.6) is 0 Å². The highest BCUT2D eigenvalue weighted by atomic mass is 15.1. The molecule has 0 radical (unpaired) electrons. The van der Waals surface area contributed by atoms with E-state index in [9.17, 15) is 0 Å². The number of hydrogen-bond donors (Lipinski definition) is 0. The number of aromatic nitrogens is 2. The third kappa shape index (κ3) is 3.42. The minimum atomic E-state index is 0.938. The lowest BCUT2D eigenvalue weighted by atomic mass is 10.3. The van der Waals surface area contributed by atoms with Gasteiger partial charge in [-0.1, -0.05) is 13.8 Å². The monoisotopic (exact) mass is 193 g/mol. The van der Waals surface area contributed by atoms with Crippen molar-refractivity contribution in [2.24, 2.45) is 0 Å². The summed E-state index contributed by atoms with van der Waals surface area (Å²) in [5, 5.41) is 0. The molecule has 0 saturated carbocycles. The maximum Gasteiger partial charge on any atom is 0.115 e. The first kappa shape index (κ1) is 11.1. The summed E-state index contributed by atoms with van der Waals surface area (Å²) >= 11 is 0. The van der Waals surface area contributed by atoms with Crippen molar-refractivity contribution in [3.8, 4) is 0 Å². The fourth-order valence-electron chi connectivity index (χ4n) is 1.49. The summed E-state index contributed by atoms with van der Waals surface area (Å²) in [6, 6.07) is 2.05. The van der Waals surface area contributed by atoms with E-state index in [4.69, 9.17) is 0 Å². The molecule has 78 valence electrons. The van der Waals surface area contributed by atoms with E-state index >= 15 is 0 Å². The average molecular weight is 193 g/mol. The fraction of sp³-hybridized carbons (Fsp3) is 0.636. The summed E-state index contributed by atoms with van der Waals surface area (Å²) in [6.45, 7) is 9.54. The van der Waals surface area contributed by atoms with Gasteiger partial charge < -0.3 is 0 Å². The molecule has 1 aromatic rings. The number of hydrogen-bond acceptors (Lipinski definition) is 3. The SMILES string of the molecule is CCCN(CC)Cc1cc(C)ncn1. The van der Waals surface area contributed by atoms with E-state index < -0.39 is 0 Å². The summed E-state index contributed by atoms with van der Waals surface area (Å²) in [5.74, 6) is 0. The second-order valence-electron chi connectivity index (χ2n) is 3.52. The first-order valence-corrected chi connectivity index (χ1v) is 5.26. The van der Waals surface area contributed by atoms with E-state index in [1.807, 2.05) is 6.92 Å².